The summed E-state index contributed by atoms with van der Waals surface area (Å²) in [5, 5.41) is 2.05. The Hall–Kier alpha value is -2.82. The van der Waals surface area contributed by atoms with Crippen molar-refractivity contribution in [2.45, 2.75) is 6.92 Å². The Morgan fingerprint density at radius 2 is 2.00 bits per heavy atom. The fourth-order valence-corrected chi connectivity index (χ4v) is 2.16. The van der Waals surface area contributed by atoms with E-state index in [1.165, 1.54) is 0 Å². The van der Waals surface area contributed by atoms with Gasteiger partial charge in [0.05, 0.1) is 12.8 Å². The quantitative estimate of drug-likeness (QED) is 0.675. The number of nitrogens with zero attached hydrogens (tertiary/aromatic N) is 1. The second kappa shape index (κ2) is 6.30. The van der Waals surface area contributed by atoms with Crippen LogP contribution in [-0.2, 0) is 9.53 Å². The molecule has 2 aromatic carbocycles. The van der Waals surface area contributed by atoms with E-state index in [-0.39, 0.29) is 12.6 Å². The van der Waals surface area contributed by atoms with Crippen LogP contribution < -0.4 is 4.74 Å². The Bertz CT molecular complexity index is 780. The molecule has 0 aliphatic carbocycles. The third-order valence-corrected chi connectivity index (χ3v) is 3.15. The van der Waals surface area contributed by atoms with Gasteiger partial charge in [0.2, 0.25) is 5.89 Å². The number of oxazole rings is 1. The Morgan fingerprint density at radius 1 is 1.18 bits per heavy atom. The summed E-state index contributed by atoms with van der Waals surface area (Å²) in [4.78, 5) is 15.4. The van der Waals surface area contributed by atoms with E-state index in [1.54, 1.807) is 19.4 Å². The number of benzene rings is 2. The van der Waals surface area contributed by atoms with Crippen LogP contribution in [0.4, 0.5) is 0 Å². The van der Waals surface area contributed by atoms with E-state index < -0.39 is 0 Å². The number of aromatic nitrogens is 1. The summed E-state index contributed by atoms with van der Waals surface area (Å²) in [6.45, 7) is 2.02. The summed E-state index contributed by atoms with van der Waals surface area (Å²) in [5.41, 5.74) is 0.915. The summed E-state index contributed by atoms with van der Waals surface area (Å²) < 4.78 is 15.5. The normalized spacial score (nSPS) is 10.6. The van der Waals surface area contributed by atoms with Crippen molar-refractivity contribution < 1.29 is 18.7 Å². The molecule has 0 fully saturated rings. The standard InChI is InChI=1S/C17H15NO4/c1-2-20-16(19)11-22-15-6-5-12-9-14(4-3-13(12)10-15)17-18-7-8-21-17/h3-10H,2,11H2,1H3. The lowest BCUT2D eigenvalue weighted by atomic mass is 10.1. The van der Waals surface area contributed by atoms with Gasteiger partial charge in [-0.05, 0) is 42.0 Å². The fourth-order valence-electron chi connectivity index (χ4n) is 2.16. The molecule has 1 heterocycles. The first-order chi connectivity index (χ1) is 10.8. The minimum Gasteiger partial charge on any atom is -0.482 e. The van der Waals surface area contributed by atoms with Crippen molar-refractivity contribution in [3.05, 3.63) is 48.9 Å². The second-order valence-corrected chi connectivity index (χ2v) is 4.65. The molecule has 0 spiro atoms. The van der Waals surface area contributed by atoms with Crippen molar-refractivity contribution in [1.29, 1.82) is 0 Å². The minimum absolute atomic E-state index is 0.0895. The summed E-state index contributed by atoms with van der Waals surface area (Å²) in [6, 6.07) is 11.5. The largest absolute Gasteiger partial charge is 0.482 e. The topological polar surface area (TPSA) is 61.6 Å². The maximum atomic E-state index is 11.3. The van der Waals surface area contributed by atoms with Gasteiger partial charge in [-0.25, -0.2) is 9.78 Å². The van der Waals surface area contributed by atoms with E-state index in [4.69, 9.17) is 13.9 Å². The van der Waals surface area contributed by atoms with Gasteiger partial charge in [0.1, 0.15) is 12.0 Å². The molecule has 0 aliphatic rings. The molecule has 0 radical (unpaired) electrons. The van der Waals surface area contributed by atoms with Gasteiger partial charge in [0.15, 0.2) is 6.61 Å². The highest BCUT2D eigenvalue weighted by molar-refractivity contribution is 5.87. The summed E-state index contributed by atoms with van der Waals surface area (Å²) in [7, 11) is 0. The Morgan fingerprint density at radius 3 is 2.77 bits per heavy atom. The molecule has 0 amide bonds. The molecule has 0 N–H and O–H groups in total. The predicted molar refractivity (Wildman–Crippen MR) is 81.6 cm³/mol. The second-order valence-electron chi connectivity index (χ2n) is 4.65. The molecule has 1 aromatic heterocycles. The van der Waals surface area contributed by atoms with Crippen LogP contribution in [0.1, 0.15) is 6.92 Å². The lowest BCUT2D eigenvalue weighted by Crippen LogP contribution is -2.14. The number of carbonyl (C=O) groups is 1. The number of hydrogen-bond donors (Lipinski definition) is 0. The van der Waals surface area contributed by atoms with Crippen molar-refractivity contribution in [2.24, 2.45) is 0 Å². The van der Waals surface area contributed by atoms with Crippen molar-refractivity contribution >= 4 is 16.7 Å². The van der Waals surface area contributed by atoms with Gasteiger partial charge in [-0.15, -0.1) is 0 Å². The maximum absolute atomic E-state index is 11.3. The summed E-state index contributed by atoms with van der Waals surface area (Å²) in [5.74, 6) is 0.843. The molecule has 5 nitrogen and oxygen atoms in total. The number of rotatable bonds is 5. The number of esters is 1. The number of carbonyl (C=O) groups excluding carboxylic acids is 1. The highest BCUT2D eigenvalue weighted by Gasteiger charge is 2.06. The van der Waals surface area contributed by atoms with Crippen molar-refractivity contribution in [2.75, 3.05) is 13.2 Å². The van der Waals surface area contributed by atoms with Crippen LogP contribution in [0.3, 0.4) is 0 Å². The van der Waals surface area contributed by atoms with E-state index in [9.17, 15) is 4.79 Å². The first-order valence-corrected chi connectivity index (χ1v) is 6.98. The smallest absolute Gasteiger partial charge is 0.344 e. The Balaban J connectivity index is 1.79. The van der Waals surface area contributed by atoms with Crippen LogP contribution in [0.2, 0.25) is 0 Å². The molecule has 0 bridgehead atoms. The first-order valence-electron chi connectivity index (χ1n) is 6.98. The third-order valence-electron chi connectivity index (χ3n) is 3.15. The van der Waals surface area contributed by atoms with Gasteiger partial charge in [-0.3, -0.25) is 0 Å². The highest BCUT2D eigenvalue weighted by Crippen LogP contribution is 2.26. The Kier molecular flexibility index (Phi) is 4.05. The van der Waals surface area contributed by atoms with Crippen LogP contribution in [0, 0.1) is 0 Å². The van der Waals surface area contributed by atoms with Crippen LogP contribution in [0.5, 0.6) is 5.75 Å². The molecule has 22 heavy (non-hydrogen) atoms. The Labute approximate surface area is 127 Å². The van der Waals surface area contributed by atoms with Gasteiger partial charge >= 0.3 is 5.97 Å². The molecular formula is C17H15NO4. The average Bonchev–Trinajstić information content (AvgIpc) is 3.07. The van der Waals surface area contributed by atoms with Gasteiger partial charge < -0.3 is 13.9 Å². The fraction of sp³-hybridized carbons (Fsp3) is 0.176. The van der Waals surface area contributed by atoms with Crippen LogP contribution >= 0.6 is 0 Å². The molecule has 0 aliphatic heterocycles. The number of ether oxygens (including phenoxy) is 2. The van der Waals surface area contributed by atoms with Crippen LogP contribution in [0.25, 0.3) is 22.2 Å². The van der Waals surface area contributed by atoms with Gasteiger partial charge in [0.25, 0.3) is 0 Å². The molecule has 112 valence electrons. The number of hydrogen-bond acceptors (Lipinski definition) is 5. The highest BCUT2D eigenvalue weighted by atomic mass is 16.6. The zero-order valence-corrected chi connectivity index (χ0v) is 12.1. The van der Waals surface area contributed by atoms with Crippen LogP contribution in [0.15, 0.2) is 53.3 Å². The van der Waals surface area contributed by atoms with E-state index in [0.29, 0.717) is 18.2 Å². The van der Waals surface area contributed by atoms with E-state index >= 15 is 0 Å². The molecule has 0 saturated heterocycles. The van der Waals surface area contributed by atoms with E-state index in [1.807, 2.05) is 36.4 Å². The van der Waals surface area contributed by atoms with Crippen molar-refractivity contribution in [3.63, 3.8) is 0 Å². The SMILES string of the molecule is CCOC(=O)COc1ccc2cc(-c3ncco3)ccc2c1. The van der Waals surface area contributed by atoms with E-state index in [0.717, 1.165) is 16.3 Å². The maximum Gasteiger partial charge on any atom is 0.344 e. The number of fused-ring (bicyclic) bond motifs is 1. The lowest BCUT2D eigenvalue weighted by Gasteiger charge is -2.07. The molecular weight excluding hydrogens is 282 g/mol. The third kappa shape index (κ3) is 3.09. The molecule has 0 saturated carbocycles. The average molecular weight is 297 g/mol. The lowest BCUT2D eigenvalue weighted by molar-refractivity contribution is -0.145. The molecule has 3 aromatic rings. The van der Waals surface area contributed by atoms with E-state index in [2.05, 4.69) is 4.98 Å². The van der Waals surface area contributed by atoms with Crippen molar-refractivity contribution in [3.8, 4) is 17.2 Å². The van der Waals surface area contributed by atoms with Crippen LogP contribution in [-0.4, -0.2) is 24.2 Å². The summed E-state index contributed by atoms with van der Waals surface area (Å²) >= 11 is 0. The first kappa shape index (κ1) is 14.1. The van der Waals surface area contributed by atoms with Gasteiger partial charge in [-0.2, -0.15) is 0 Å². The minimum atomic E-state index is -0.373. The van der Waals surface area contributed by atoms with Crippen molar-refractivity contribution in [1.82, 2.24) is 4.98 Å². The zero-order valence-electron chi connectivity index (χ0n) is 12.1. The predicted octanol–water partition coefficient (Wildman–Crippen LogP) is 3.44. The molecule has 3 rings (SSSR count). The molecule has 0 atom stereocenters. The van der Waals surface area contributed by atoms with Gasteiger partial charge in [-0.1, -0.05) is 12.1 Å². The monoisotopic (exact) mass is 297 g/mol. The van der Waals surface area contributed by atoms with Gasteiger partial charge in [0, 0.05) is 5.56 Å². The molecule has 5 heteroatoms. The zero-order chi connectivity index (χ0) is 15.4. The molecule has 0 unspecified atom stereocenters. The summed E-state index contributed by atoms with van der Waals surface area (Å²) in [6.07, 6.45) is 3.16.